The van der Waals surface area contributed by atoms with Crippen LogP contribution in [0.25, 0.3) is 0 Å². The second-order valence-corrected chi connectivity index (χ2v) is 5.37. The van der Waals surface area contributed by atoms with Gasteiger partial charge in [-0.15, -0.1) is 0 Å². The maximum absolute atomic E-state index is 12.4. The van der Waals surface area contributed by atoms with Gasteiger partial charge < -0.3 is 14.8 Å². The highest BCUT2D eigenvalue weighted by atomic mass is 32.1. The molecule has 0 aliphatic carbocycles. The summed E-state index contributed by atoms with van der Waals surface area (Å²) in [5.41, 5.74) is 1.14. The van der Waals surface area contributed by atoms with E-state index < -0.39 is 0 Å². The summed E-state index contributed by atoms with van der Waals surface area (Å²) < 4.78 is 10.9. The third-order valence-electron chi connectivity index (χ3n) is 3.12. The monoisotopic (exact) mass is 356 g/mol. The fraction of sp³-hybridized carbons (Fsp3) is 0.158. The summed E-state index contributed by atoms with van der Waals surface area (Å²) in [7, 11) is 0. The number of benzene rings is 2. The molecule has 0 heterocycles. The summed E-state index contributed by atoms with van der Waals surface area (Å²) in [6.07, 6.45) is 1.67. The van der Waals surface area contributed by atoms with Gasteiger partial charge in [0, 0.05) is 11.8 Å². The van der Waals surface area contributed by atoms with Crippen molar-refractivity contribution in [3.8, 4) is 11.5 Å². The summed E-state index contributed by atoms with van der Waals surface area (Å²) in [5.74, 6) is 0.867. The molecule has 0 saturated heterocycles. The number of carbonyl (C=O) groups is 1. The zero-order valence-electron chi connectivity index (χ0n) is 14.0. The molecule has 2 rings (SSSR count). The first-order valence-corrected chi connectivity index (χ1v) is 8.22. The second-order valence-electron chi connectivity index (χ2n) is 4.96. The number of para-hydroxylation sites is 1. The van der Waals surface area contributed by atoms with Crippen molar-refractivity contribution in [1.82, 2.24) is 5.32 Å². The van der Waals surface area contributed by atoms with E-state index in [1.54, 1.807) is 30.3 Å². The molecule has 25 heavy (non-hydrogen) atoms. The van der Waals surface area contributed by atoms with Crippen molar-refractivity contribution in [2.24, 2.45) is 0 Å². The van der Waals surface area contributed by atoms with E-state index in [0.29, 0.717) is 36.0 Å². The van der Waals surface area contributed by atoms with Crippen LogP contribution in [0.3, 0.4) is 0 Å². The number of thiocarbonyl (C=S) groups is 1. The quantitative estimate of drug-likeness (QED) is 0.584. The molecule has 2 aromatic carbocycles. The summed E-state index contributed by atoms with van der Waals surface area (Å²) in [5, 5.41) is 5.81. The normalized spacial score (nSPS) is 9.80. The van der Waals surface area contributed by atoms with Crippen LogP contribution in [0.1, 0.15) is 17.3 Å². The maximum atomic E-state index is 12.4. The SMILES string of the molecule is C=CCOc1cccc(NC(=S)NC(=O)c2ccccc2OCC)c1. The van der Waals surface area contributed by atoms with E-state index in [4.69, 9.17) is 21.7 Å². The number of hydrogen-bond acceptors (Lipinski definition) is 4. The molecule has 130 valence electrons. The lowest BCUT2D eigenvalue weighted by atomic mass is 10.2. The van der Waals surface area contributed by atoms with Gasteiger partial charge in [-0.05, 0) is 43.4 Å². The van der Waals surface area contributed by atoms with Gasteiger partial charge in [-0.1, -0.05) is 30.9 Å². The highest BCUT2D eigenvalue weighted by molar-refractivity contribution is 7.80. The lowest BCUT2D eigenvalue weighted by molar-refractivity contribution is 0.0974. The molecule has 2 N–H and O–H groups in total. The minimum absolute atomic E-state index is 0.192. The molecule has 2 aromatic rings. The maximum Gasteiger partial charge on any atom is 0.261 e. The van der Waals surface area contributed by atoms with E-state index in [-0.39, 0.29) is 11.0 Å². The van der Waals surface area contributed by atoms with Gasteiger partial charge in [0.15, 0.2) is 5.11 Å². The first-order valence-electron chi connectivity index (χ1n) is 7.82. The van der Waals surface area contributed by atoms with Crippen molar-refractivity contribution in [2.45, 2.75) is 6.92 Å². The second kappa shape index (κ2) is 9.44. The van der Waals surface area contributed by atoms with Crippen LogP contribution >= 0.6 is 12.2 Å². The van der Waals surface area contributed by atoms with Crippen molar-refractivity contribution in [3.05, 3.63) is 66.7 Å². The molecule has 0 radical (unpaired) electrons. The van der Waals surface area contributed by atoms with E-state index in [0.717, 1.165) is 0 Å². The molecule has 5 nitrogen and oxygen atoms in total. The van der Waals surface area contributed by atoms with Crippen LogP contribution in [-0.2, 0) is 0 Å². The zero-order valence-corrected chi connectivity index (χ0v) is 14.8. The van der Waals surface area contributed by atoms with E-state index >= 15 is 0 Å². The number of hydrogen-bond donors (Lipinski definition) is 2. The molecule has 6 heteroatoms. The molecule has 1 amide bonds. The van der Waals surface area contributed by atoms with Gasteiger partial charge >= 0.3 is 0 Å². The number of carbonyl (C=O) groups excluding carboxylic acids is 1. The lowest BCUT2D eigenvalue weighted by Crippen LogP contribution is -2.34. The Balaban J connectivity index is 2.00. The molecular formula is C19H20N2O3S. The number of ether oxygens (including phenoxy) is 2. The first kappa shape index (κ1) is 18.5. The summed E-state index contributed by atoms with van der Waals surface area (Å²) in [6.45, 7) is 6.36. The molecule has 0 unspecified atom stereocenters. The molecule has 0 aliphatic heterocycles. The van der Waals surface area contributed by atoms with Crippen LogP contribution in [0.15, 0.2) is 61.2 Å². The van der Waals surface area contributed by atoms with Gasteiger partial charge in [0.25, 0.3) is 5.91 Å². The average molecular weight is 356 g/mol. The van der Waals surface area contributed by atoms with Crippen LogP contribution in [0, 0.1) is 0 Å². The Morgan fingerprint density at radius 2 is 2.00 bits per heavy atom. The van der Waals surface area contributed by atoms with Gasteiger partial charge in [-0.25, -0.2) is 0 Å². The predicted octanol–water partition coefficient (Wildman–Crippen LogP) is 3.78. The van der Waals surface area contributed by atoms with Crippen LogP contribution < -0.4 is 20.1 Å². The fourth-order valence-corrected chi connectivity index (χ4v) is 2.30. The molecular weight excluding hydrogens is 336 g/mol. The molecule has 0 fully saturated rings. The van der Waals surface area contributed by atoms with Crippen LogP contribution in [0.2, 0.25) is 0 Å². The van der Waals surface area contributed by atoms with E-state index in [1.807, 2.05) is 31.2 Å². The van der Waals surface area contributed by atoms with Crippen molar-refractivity contribution in [3.63, 3.8) is 0 Å². The van der Waals surface area contributed by atoms with Gasteiger partial charge in [0.05, 0.1) is 12.2 Å². The minimum atomic E-state index is -0.333. The van der Waals surface area contributed by atoms with E-state index in [1.165, 1.54) is 0 Å². The van der Waals surface area contributed by atoms with Crippen LogP contribution in [-0.4, -0.2) is 24.2 Å². The van der Waals surface area contributed by atoms with E-state index in [9.17, 15) is 4.79 Å². The molecule has 0 atom stereocenters. The van der Waals surface area contributed by atoms with Crippen molar-refractivity contribution < 1.29 is 14.3 Å². The van der Waals surface area contributed by atoms with Crippen LogP contribution in [0.5, 0.6) is 11.5 Å². The molecule has 0 saturated carbocycles. The largest absolute Gasteiger partial charge is 0.493 e. The average Bonchev–Trinajstić information content (AvgIpc) is 2.61. The van der Waals surface area contributed by atoms with Crippen molar-refractivity contribution in [2.75, 3.05) is 18.5 Å². The predicted molar refractivity (Wildman–Crippen MR) is 103 cm³/mol. The highest BCUT2D eigenvalue weighted by Gasteiger charge is 2.13. The van der Waals surface area contributed by atoms with Gasteiger partial charge in [-0.3, -0.25) is 10.1 Å². The Morgan fingerprint density at radius 1 is 1.20 bits per heavy atom. The number of nitrogens with one attached hydrogen (secondary N) is 2. The van der Waals surface area contributed by atoms with Crippen molar-refractivity contribution in [1.29, 1.82) is 0 Å². The summed E-state index contributed by atoms with van der Waals surface area (Å²) in [4.78, 5) is 12.4. The Labute approximate surface area is 152 Å². The first-order chi connectivity index (χ1) is 12.1. The fourth-order valence-electron chi connectivity index (χ4n) is 2.09. The standard InChI is InChI=1S/C19H20N2O3S/c1-3-12-24-15-9-7-8-14(13-15)20-19(25)21-18(22)16-10-5-6-11-17(16)23-4-2/h3,5-11,13H,1,4,12H2,2H3,(H2,20,21,22,25). The lowest BCUT2D eigenvalue weighted by Gasteiger charge is -2.13. The third-order valence-corrected chi connectivity index (χ3v) is 3.32. The Morgan fingerprint density at radius 3 is 2.76 bits per heavy atom. The number of anilines is 1. The molecule has 0 aliphatic rings. The Kier molecular flexibility index (Phi) is 6.98. The molecule has 0 spiro atoms. The van der Waals surface area contributed by atoms with Crippen LogP contribution in [0.4, 0.5) is 5.69 Å². The third kappa shape index (κ3) is 5.61. The Bertz CT molecular complexity index is 762. The van der Waals surface area contributed by atoms with Gasteiger partial charge in [0.1, 0.15) is 18.1 Å². The van der Waals surface area contributed by atoms with Gasteiger partial charge in [-0.2, -0.15) is 0 Å². The molecule has 0 bridgehead atoms. The minimum Gasteiger partial charge on any atom is -0.493 e. The van der Waals surface area contributed by atoms with Gasteiger partial charge in [0.2, 0.25) is 0 Å². The zero-order chi connectivity index (χ0) is 18.1. The highest BCUT2D eigenvalue weighted by Crippen LogP contribution is 2.19. The van der Waals surface area contributed by atoms with Crippen molar-refractivity contribution >= 4 is 28.9 Å². The summed E-state index contributed by atoms with van der Waals surface area (Å²) in [6, 6.07) is 14.3. The summed E-state index contributed by atoms with van der Waals surface area (Å²) >= 11 is 5.21. The molecule has 0 aromatic heterocycles. The smallest absolute Gasteiger partial charge is 0.261 e. The number of rotatable bonds is 7. The van der Waals surface area contributed by atoms with E-state index in [2.05, 4.69) is 17.2 Å². The Hall–Kier alpha value is -2.86. The topological polar surface area (TPSA) is 59.6 Å². The number of amides is 1.